The van der Waals surface area contributed by atoms with Crippen molar-refractivity contribution in [3.8, 4) is 0 Å². The van der Waals surface area contributed by atoms with Gasteiger partial charge in [-0.25, -0.2) is 17.7 Å². The van der Waals surface area contributed by atoms with Gasteiger partial charge in [-0.3, -0.25) is 5.10 Å². The highest BCUT2D eigenvalue weighted by Gasteiger charge is 2.42. The summed E-state index contributed by atoms with van der Waals surface area (Å²) < 4.78 is 29.2. The van der Waals surface area contributed by atoms with Gasteiger partial charge >= 0.3 is 0 Å². The molecule has 0 aliphatic heterocycles. The van der Waals surface area contributed by atoms with Crippen LogP contribution < -0.4 is 4.31 Å². The maximum absolute atomic E-state index is 13.8. The Morgan fingerprint density at radius 3 is 2.51 bits per heavy atom. The van der Waals surface area contributed by atoms with Crippen molar-refractivity contribution in [3.63, 3.8) is 0 Å². The van der Waals surface area contributed by atoms with E-state index in [4.69, 9.17) is 0 Å². The van der Waals surface area contributed by atoms with E-state index in [1.807, 2.05) is 48.8 Å². The number of rotatable bonds is 6. The van der Waals surface area contributed by atoms with E-state index in [-0.39, 0.29) is 6.04 Å². The van der Waals surface area contributed by atoms with Crippen LogP contribution >= 0.6 is 11.3 Å². The lowest BCUT2D eigenvalue weighted by atomic mass is 9.71. The van der Waals surface area contributed by atoms with Crippen molar-refractivity contribution in [3.05, 3.63) is 99.6 Å². The molecule has 0 saturated heterocycles. The first kappa shape index (κ1) is 22.2. The summed E-state index contributed by atoms with van der Waals surface area (Å²) in [5.41, 5.74) is 6.33. The molecule has 4 aromatic rings. The molecule has 0 radical (unpaired) electrons. The molecule has 2 aliphatic carbocycles. The Labute approximate surface area is 209 Å². The van der Waals surface area contributed by atoms with E-state index < -0.39 is 15.4 Å². The van der Waals surface area contributed by atoms with Crippen molar-refractivity contribution < 1.29 is 8.42 Å². The van der Waals surface area contributed by atoms with Crippen LogP contribution in [0, 0.1) is 6.92 Å². The normalized spacial score (nSPS) is 19.8. The molecule has 6 rings (SSSR count). The highest BCUT2D eigenvalue weighted by molar-refractivity contribution is 7.92. The Balaban J connectivity index is 1.45. The number of thiazole rings is 1. The zero-order chi connectivity index (χ0) is 24.0. The van der Waals surface area contributed by atoms with E-state index in [1.54, 1.807) is 27.8 Å². The third-order valence-electron chi connectivity index (χ3n) is 7.22. The number of benzene rings is 2. The standard InChI is InChI=1S/C27H26N4O2S2/c1-19-10-12-22(13-11-19)35(32,33)31(21-8-5-9-21)26-23-14-15-27(16-24(23)29-30-26,25-17-34-18-28-25)20-6-3-2-4-7-20/h2-4,6-7,10-15,17-18,21H,5,8-9,16H2,1H3,(H,29,30). The van der Waals surface area contributed by atoms with Crippen LogP contribution in [0.3, 0.4) is 0 Å². The molecule has 1 atom stereocenters. The zero-order valence-electron chi connectivity index (χ0n) is 19.4. The Morgan fingerprint density at radius 2 is 1.86 bits per heavy atom. The minimum Gasteiger partial charge on any atom is -0.280 e. The maximum atomic E-state index is 13.8. The number of hydrogen-bond donors (Lipinski definition) is 1. The molecule has 0 spiro atoms. The van der Waals surface area contributed by atoms with Gasteiger partial charge in [0.1, 0.15) is 0 Å². The summed E-state index contributed by atoms with van der Waals surface area (Å²) >= 11 is 1.58. The Bertz CT molecular complexity index is 1470. The highest BCUT2D eigenvalue weighted by Crippen LogP contribution is 2.44. The minimum atomic E-state index is -3.75. The van der Waals surface area contributed by atoms with Crippen LogP contribution in [0.4, 0.5) is 5.82 Å². The number of anilines is 1. The fourth-order valence-electron chi connectivity index (χ4n) is 5.04. The first-order chi connectivity index (χ1) is 17.0. The lowest BCUT2D eigenvalue weighted by Gasteiger charge is -2.37. The molecular formula is C27H26N4O2S2. The largest absolute Gasteiger partial charge is 0.280 e. The first-order valence-electron chi connectivity index (χ1n) is 11.8. The average Bonchev–Trinajstić information content (AvgIpc) is 3.52. The molecule has 1 N–H and O–H groups in total. The fraction of sp³-hybridized carbons (Fsp3) is 0.259. The van der Waals surface area contributed by atoms with Crippen LogP contribution in [0.2, 0.25) is 0 Å². The number of nitrogens with zero attached hydrogens (tertiary/aromatic N) is 3. The van der Waals surface area contributed by atoms with Gasteiger partial charge in [-0.1, -0.05) is 60.2 Å². The number of sulfonamides is 1. The molecule has 2 aliphatic rings. The second kappa shape index (κ2) is 8.46. The SMILES string of the molecule is Cc1ccc(S(=O)(=O)N(c2n[nH]c3c2C=CC(c2ccccc2)(c2cscn2)C3)C2CCC2)cc1. The average molecular weight is 503 g/mol. The van der Waals surface area contributed by atoms with E-state index in [1.165, 1.54) is 0 Å². The van der Waals surface area contributed by atoms with Crippen LogP contribution in [-0.2, 0) is 21.9 Å². The topological polar surface area (TPSA) is 79.0 Å². The van der Waals surface area contributed by atoms with Gasteiger partial charge in [-0.2, -0.15) is 5.10 Å². The predicted molar refractivity (Wildman–Crippen MR) is 139 cm³/mol. The molecular weight excluding hydrogens is 476 g/mol. The molecule has 1 fully saturated rings. The van der Waals surface area contributed by atoms with Gasteiger partial charge in [0.2, 0.25) is 0 Å². The molecule has 178 valence electrons. The van der Waals surface area contributed by atoms with Crippen LogP contribution in [0.25, 0.3) is 6.08 Å². The van der Waals surface area contributed by atoms with Crippen molar-refractivity contribution in [2.75, 3.05) is 4.31 Å². The maximum Gasteiger partial charge on any atom is 0.265 e. The van der Waals surface area contributed by atoms with Crippen molar-refractivity contribution in [2.45, 2.75) is 49.0 Å². The quantitative estimate of drug-likeness (QED) is 0.379. The summed E-state index contributed by atoms with van der Waals surface area (Å²) in [6.07, 6.45) is 7.51. The lowest BCUT2D eigenvalue weighted by molar-refractivity contribution is 0.413. The van der Waals surface area contributed by atoms with Crippen molar-refractivity contribution in [1.29, 1.82) is 0 Å². The van der Waals surface area contributed by atoms with Gasteiger partial charge in [-0.15, -0.1) is 11.3 Å². The molecule has 2 aromatic heterocycles. The highest BCUT2D eigenvalue weighted by atomic mass is 32.2. The van der Waals surface area contributed by atoms with Crippen LogP contribution in [0.1, 0.15) is 47.3 Å². The first-order valence-corrected chi connectivity index (χ1v) is 14.2. The van der Waals surface area contributed by atoms with Crippen LogP contribution in [0.15, 0.2) is 76.5 Å². The zero-order valence-corrected chi connectivity index (χ0v) is 21.0. The van der Waals surface area contributed by atoms with E-state index >= 15 is 0 Å². The number of aromatic nitrogens is 3. The number of aryl methyl sites for hydroxylation is 1. The number of fused-ring (bicyclic) bond motifs is 1. The third-order valence-corrected chi connectivity index (χ3v) is 9.67. The fourth-order valence-corrected chi connectivity index (χ4v) is 7.35. The van der Waals surface area contributed by atoms with Crippen molar-refractivity contribution >= 4 is 33.3 Å². The van der Waals surface area contributed by atoms with E-state index in [0.29, 0.717) is 17.1 Å². The Kier molecular flexibility index (Phi) is 5.38. The Hall–Kier alpha value is -3.23. The van der Waals surface area contributed by atoms with Crippen LogP contribution in [0.5, 0.6) is 0 Å². The van der Waals surface area contributed by atoms with Gasteiger partial charge in [0, 0.05) is 29.1 Å². The monoisotopic (exact) mass is 502 g/mol. The molecule has 8 heteroatoms. The Morgan fingerprint density at radius 1 is 1.09 bits per heavy atom. The minimum absolute atomic E-state index is 0.0820. The van der Waals surface area contributed by atoms with Gasteiger partial charge < -0.3 is 0 Å². The number of H-pyrrole nitrogens is 1. The summed E-state index contributed by atoms with van der Waals surface area (Å²) in [6.45, 7) is 1.95. The second-order valence-corrected chi connectivity index (χ2v) is 11.9. The molecule has 0 bridgehead atoms. The lowest BCUT2D eigenvalue weighted by Crippen LogP contribution is -2.45. The summed E-state index contributed by atoms with van der Waals surface area (Å²) in [5, 5.41) is 9.89. The summed E-state index contributed by atoms with van der Waals surface area (Å²) in [5.74, 6) is 0.487. The molecule has 2 heterocycles. The van der Waals surface area contributed by atoms with Gasteiger partial charge in [0.25, 0.3) is 10.0 Å². The number of hydrogen-bond acceptors (Lipinski definition) is 5. The molecule has 35 heavy (non-hydrogen) atoms. The number of allylic oxidation sites excluding steroid dienone is 1. The van der Waals surface area contributed by atoms with E-state index in [0.717, 1.165) is 47.3 Å². The molecule has 1 unspecified atom stereocenters. The molecule has 0 amide bonds. The number of nitrogens with one attached hydrogen (secondary N) is 1. The van der Waals surface area contributed by atoms with Gasteiger partial charge in [0.05, 0.1) is 21.5 Å². The molecule has 1 saturated carbocycles. The van der Waals surface area contributed by atoms with Crippen molar-refractivity contribution in [2.24, 2.45) is 0 Å². The summed E-state index contributed by atoms with van der Waals surface area (Å²) in [4.78, 5) is 4.97. The van der Waals surface area contributed by atoms with Crippen LogP contribution in [-0.4, -0.2) is 29.6 Å². The third kappa shape index (κ3) is 3.63. The van der Waals surface area contributed by atoms with E-state index in [2.05, 4.69) is 38.8 Å². The number of aromatic amines is 1. The second-order valence-electron chi connectivity index (χ2n) is 9.36. The summed E-state index contributed by atoms with van der Waals surface area (Å²) in [6, 6.07) is 17.3. The van der Waals surface area contributed by atoms with E-state index in [9.17, 15) is 8.42 Å². The van der Waals surface area contributed by atoms with Gasteiger partial charge in [-0.05, 0) is 43.9 Å². The molecule has 2 aromatic carbocycles. The van der Waals surface area contributed by atoms with Crippen molar-refractivity contribution in [1.82, 2.24) is 15.2 Å². The predicted octanol–water partition coefficient (Wildman–Crippen LogP) is 5.48. The summed E-state index contributed by atoms with van der Waals surface area (Å²) in [7, 11) is -3.75. The molecule has 6 nitrogen and oxygen atoms in total. The van der Waals surface area contributed by atoms with Gasteiger partial charge in [0.15, 0.2) is 5.82 Å². The smallest absolute Gasteiger partial charge is 0.265 e.